The van der Waals surface area contributed by atoms with Gasteiger partial charge < -0.3 is 14.6 Å². The first-order valence-corrected chi connectivity index (χ1v) is 6.17. The van der Waals surface area contributed by atoms with Crippen molar-refractivity contribution in [2.45, 2.75) is 38.2 Å². The fraction of sp³-hybridized carbons (Fsp3) is 0.818. The number of halogens is 2. The first-order chi connectivity index (χ1) is 8.75. The van der Waals surface area contributed by atoms with Gasteiger partial charge in [-0.15, -0.1) is 0 Å². The normalized spacial score (nSPS) is 20.5. The van der Waals surface area contributed by atoms with E-state index in [1.807, 2.05) is 0 Å². The lowest BCUT2D eigenvalue weighted by molar-refractivity contribution is 0.0171. The predicted octanol–water partition coefficient (Wildman–Crippen LogP) is 1.71. The molecule has 1 unspecified atom stereocenters. The summed E-state index contributed by atoms with van der Waals surface area (Å²) >= 11 is 0. The molecule has 1 atom stereocenters. The highest BCUT2D eigenvalue weighted by atomic mass is 19.3. The third kappa shape index (κ3) is 3.99. The molecular weight excluding hydrogens is 244 g/mol. The molecule has 0 spiro atoms. The first-order valence-electron chi connectivity index (χ1n) is 6.17. The Morgan fingerprint density at radius 1 is 1.44 bits per heavy atom. The molecule has 102 valence electrons. The minimum absolute atomic E-state index is 0.151. The van der Waals surface area contributed by atoms with E-state index in [1.165, 1.54) is 6.42 Å². The van der Waals surface area contributed by atoms with Crippen LogP contribution in [0.15, 0.2) is 4.52 Å². The zero-order valence-corrected chi connectivity index (χ0v) is 10.1. The summed E-state index contributed by atoms with van der Waals surface area (Å²) in [5.74, 6) is 1.09. The number of nitrogens with one attached hydrogen (secondary N) is 1. The summed E-state index contributed by atoms with van der Waals surface area (Å²) in [5.41, 5.74) is 0. The molecule has 1 aromatic rings. The number of hydrogen-bond acceptors (Lipinski definition) is 5. The standard InChI is InChI=1S/C11H17F2N3O2/c12-9(13)7-17-6-4-10-15-11(16-18-10)8-3-1-2-5-14-8/h8-9,14H,1-7H2. The van der Waals surface area contributed by atoms with Gasteiger partial charge in [-0.2, -0.15) is 4.98 Å². The molecule has 0 radical (unpaired) electrons. The Balaban J connectivity index is 1.75. The molecule has 1 saturated heterocycles. The van der Waals surface area contributed by atoms with Crippen LogP contribution in [0, 0.1) is 0 Å². The van der Waals surface area contributed by atoms with Crippen molar-refractivity contribution in [3.05, 3.63) is 11.7 Å². The molecule has 0 aromatic carbocycles. The summed E-state index contributed by atoms with van der Waals surface area (Å²) in [7, 11) is 0. The fourth-order valence-corrected chi connectivity index (χ4v) is 1.92. The largest absolute Gasteiger partial charge is 0.375 e. The van der Waals surface area contributed by atoms with Gasteiger partial charge >= 0.3 is 0 Å². The molecule has 0 aliphatic carbocycles. The van der Waals surface area contributed by atoms with Crippen LogP contribution in [0.3, 0.4) is 0 Å². The number of alkyl halides is 2. The number of hydrogen-bond donors (Lipinski definition) is 1. The number of piperidine rings is 1. The van der Waals surface area contributed by atoms with Crippen molar-refractivity contribution in [1.82, 2.24) is 15.5 Å². The monoisotopic (exact) mass is 261 g/mol. The summed E-state index contributed by atoms with van der Waals surface area (Å²) in [6, 6.07) is 0.151. The summed E-state index contributed by atoms with van der Waals surface area (Å²) < 4.78 is 33.5. The minimum atomic E-state index is -2.44. The molecule has 18 heavy (non-hydrogen) atoms. The lowest BCUT2D eigenvalue weighted by Crippen LogP contribution is -2.27. The highest BCUT2D eigenvalue weighted by Crippen LogP contribution is 2.20. The second-order valence-corrected chi connectivity index (χ2v) is 4.26. The molecule has 1 N–H and O–H groups in total. The molecule has 1 aromatic heterocycles. The Bertz CT molecular complexity index is 354. The van der Waals surface area contributed by atoms with Gasteiger partial charge in [0.05, 0.1) is 19.1 Å². The van der Waals surface area contributed by atoms with Gasteiger partial charge in [0.15, 0.2) is 5.82 Å². The zero-order valence-electron chi connectivity index (χ0n) is 10.1. The van der Waals surface area contributed by atoms with E-state index in [-0.39, 0.29) is 12.6 Å². The SMILES string of the molecule is FC(F)COCCc1nc(C2CCCCN2)no1. The van der Waals surface area contributed by atoms with E-state index in [2.05, 4.69) is 15.5 Å². The fourth-order valence-electron chi connectivity index (χ4n) is 1.92. The average molecular weight is 261 g/mol. The molecule has 5 nitrogen and oxygen atoms in total. The lowest BCUT2D eigenvalue weighted by Gasteiger charge is -2.19. The maximum Gasteiger partial charge on any atom is 0.261 e. The highest BCUT2D eigenvalue weighted by molar-refractivity contribution is 4.95. The molecule has 1 fully saturated rings. The van der Waals surface area contributed by atoms with Crippen LogP contribution in [0.2, 0.25) is 0 Å². The van der Waals surface area contributed by atoms with Crippen LogP contribution in [-0.2, 0) is 11.2 Å². The van der Waals surface area contributed by atoms with E-state index >= 15 is 0 Å². The third-order valence-corrected chi connectivity index (χ3v) is 2.81. The van der Waals surface area contributed by atoms with E-state index in [4.69, 9.17) is 9.26 Å². The summed E-state index contributed by atoms with van der Waals surface area (Å²) in [5, 5.41) is 7.22. The van der Waals surface area contributed by atoms with E-state index in [0.717, 1.165) is 19.4 Å². The number of rotatable bonds is 6. The van der Waals surface area contributed by atoms with Gasteiger partial charge in [-0.1, -0.05) is 11.6 Å². The van der Waals surface area contributed by atoms with E-state index < -0.39 is 13.0 Å². The van der Waals surface area contributed by atoms with Gasteiger partial charge in [0.25, 0.3) is 6.43 Å². The number of aromatic nitrogens is 2. The molecule has 7 heteroatoms. The average Bonchev–Trinajstić information content (AvgIpc) is 2.84. The van der Waals surface area contributed by atoms with Crippen molar-refractivity contribution < 1.29 is 18.0 Å². The zero-order chi connectivity index (χ0) is 12.8. The quantitative estimate of drug-likeness (QED) is 0.790. The van der Waals surface area contributed by atoms with Crippen molar-refractivity contribution in [3.8, 4) is 0 Å². The van der Waals surface area contributed by atoms with E-state index in [0.29, 0.717) is 18.1 Å². The maximum atomic E-state index is 11.8. The lowest BCUT2D eigenvalue weighted by atomic mass is 10.0. The topological polar surface area (TPSA) is 60.2 Å². The van der Waals surface area contributed by atoms with Gasteiger partial charge in [0.1, 0.15) is 6.61 Å². The van der Waals surface area contributed by atoms with Crippen LogP contribution in [0.25, 0.3) is 0 Å². The predicted molar refractivity (Wildman–Crippen MR) is 59.4 cm³/mol. The van der Waals surface area contributed by atoms with Crippen LogP contribution in [0.4, 0.5) is 8.78 Å². The molecule has 1 aliphatic rings. The molecular formula is C11H17F2N3O2. The van der Waals surface area contributed by atoms with Gasteiger partial charge in [-0.3, -0.25) is 0 Å². The van der Waals surface area contributed by atoms with Gasteiger partial charge in [-0.05, 0) is 19.4 Å². The van der Waals surface area contributed by atoms with Gasteiger partial charge in [0.2, 0.25) is 5.89 Å². The smallest absolute Gasteiger partial charge is 0.261 e. The molecule has 1 aliphatic heterocycles. The van der Waals surface area contributed by atoms with Crippen LogP contribution in [-0.4, -0.2) is 36.3 Å². The summed E-state index contributed by atoms with van der Waals surface area (Å²) in [4.78, 5) is 4.24. The summed E-state index contributed by atoms with van der Waals surface area (Å²) in [6.45, 7) is 0.585. The third-order valence-electron chi connectivity index (χ3n) is 2.81. The van der Waals surface area contributed by atoms with E-state index in [9.17, 15) is 8.78 Å². The first kappa shape index (κ1) is 13.4. The van der Waals surface area contributed by atoms with Gasteiger partial charge in [-0.25, -0.2) is 8.78 Å². The Labute approximate surface area is 104 Å². The minimum Gasteiger partial charge on any atom is -0.375 e. The van der Waals surface area contributed by atoms with Gasteiger partial charge in [0, 0.05) is 0 Å². The van der Waals surface area contributed by atoms with Crippen molar-refractivity contribution in [3.63, 3.8) is 0 Å². The van der Waals surface area contributed by atoms with Crippen LogP contribution < -0.4 is 5.32 Å². The Hall–Kier alpha value is -1.08. The van der Waals surface area contributed by atoms with Crippen LogP contribution >= 0.6 is 0 Å². The summed E-state index contributed by atoms with van der Waals surface area (Å²) in [6.07, 6.45) is 1.25. The van der Waals surface area contributed by atoms with Crippen molar-refractivity contribution in [2.24, 2.45) is 0 Å². The van der Waals surface area contributed by atoms with Crippen molar-refractivity contribution >= 4 is 0 Å². The second kappa shape index (κ2) is 6.75. The molecule has 2 heterocycles. The Morgan fingerprint density at radius 2 is 2.33 bits per heavy atom. The van der Waals surface area contributed by atoms with Crippen molar-refractivity contribution in [2.75, 3.05) is 19.8 Å². The van der Waals surface area contributed by atoms with E-state index in [1.54, 1.807) is 0 Å². The second-order valence-electron chi connectivity index (χ2n) is 4.26. The maximum absolute atomic E-state index is 11.8. The molecule has 2 rings (SSSR count). The van der Waals surface area contributed by atoms with Crippen LogP contribution in [0.1, 0.15) is 37.0 Å². The molecule has 0 bridgehead atoms. The van der Waals surface area contributed by atoms with Crippen LogP contribution in [0.5, 0.6) is 0 Å². The van der Waals surface area contributed by atoms with Crippen molar-refractivity contribution in [1.29, 1.82) is 0 Å². The highest BCUT2D eigenvalue weighted by Gasteiger charge is 2.20. The molecule has 0 amide bonds. The Kier molecular flexibility index (Phi) is 5.00. The Morgan fingerprint density at radius 3 is 3.06 bits per heavy atom. The molecule has 0 saturated carbocycles. The number of nitrogens with zero attached hydrogens (tertiary/aromatic N) is 2. The number of ether oxygens (including phenoxy) is 1.